The van der Waals surface area contributed by atoms with Crippen LogP contribution in [0.15, 0.2) is 212 Å². The van der Waals surface area contributed by atoms with Crippen molar-refractivity contribution >= 4 is 27.8 Å². The first-order chi connectivity index (χ1) is 30.2. The largest absolute Gasteiger partial charge is 0.310 e. The topological polar surface area (TPSA) is 3.24 Å². The second-order valence-electron chi connectivity index (χ2n) is 18.8. The average molecular weight is 798 g/mol. The molecule has 2 aliphatic carbocycles. The standard InChI is InChI=1S/C61H51N/c1-59(2)36-37-60(3,4)57-39-46(33-35-55(57)59)43-28-30-44(31-29-43)52-40-53-51-26-16-17-27-54(51)61(47-20-8-5-9-21-47,48-22-10-6-11-23-48)56(53)41-58(52)62(49-24-12-7-13-25-49)50-34-32-42-18-14-15-19-45(42)38-50/h5-35,38-41H,36-37H2,1-4H3. The SMILES string of the molecule is CC1(C)CCC(C)(C)c2cc(-c3ccc(-c4cc5c(cc4N(c4ccccc4)c4ccc6ccccc6c4)C(c4ccccc4)(c4ccccc4)c4ccccc4-5)cc3)ccc21. The van der Waals surface area contributed by atoms with Gasteiger partial charge in [0.15, 0.2) is 0 Å². The predicted molar refractivity (Wildman–Crippen MR) is 262 cm³/mol. The first kappa shape index (κ1) is 38.0. The van der Waals surface area contributed by atoms with Crippen molar-refractivity contribution in [2.24, 2.45) is 0 Å². The molecule has 1 nitrogen and oxygen atoms in total. The van der Waals surface area contributed by atoms with Gasteiger partial charge in [-0.15, -0.1) is 0 Å². The number of hydrogen-bond donors (Lipinski definition) is 0. The molecule has 0 heterocycles. The molecule has 0 saturated heterocycles. The fraction of sp³-hybridized carbons (Fsp3) is 0.148. The minimum atomic E-state index is -0.536. The molecule has 9 aromatic rings. The molecule has 300 valence electrons. The maximum absolute atomic E-state index is 2.52. The molecule has 0 radical (unpaired) electrons. The van der Waals surface area contributed by atoms with E-state index in [0.29, 0.717) is 0 Å². The van der Waals surface area contributed by atoms with Gasteiger partial charge in [0.1, 0.15) is 0 Å². The molecule has 11 rings (SSSR count). The van der Waals surface area contributed by atoms with Crippen LogP contribution in [0.25, 0.3) is 44.2 Å². The van der Waals surface area contributed by atoms with E-state index in [1.807, 2.05) is 0 Å². The van der Waals surface area contributed by atoms with E-state index in [4.69, 9.17) is 0 Å². The van der Waals surface area contributed by atoms with Crippen LogP contribution >= 0.6 is 0 Å². The summed E-state index contributed by atoms with van der Waals surface area (Å²) >= 11 is 0. The van der Waals surface area contributed by atoms with Gasteiger partial charge in [-0.2, -0.15) is 0 Å². The zero-order valence-electron chi connectivity index (χ0n) is 36.1. The molecule has 0 aromatic heterocycles. The molecule has 62 heavy (non-hydrogen) atoms. The Bertz CT molecular complexity index is 3060. The Morgan fingerprint density at radius 1 is 0.339 bits per heavy atom. The first-order valence-electron chi connectivity index (χ1n) is 22.2. The van der Waals surface area contributed by atoms with Gasteiger partial charge in [-0.05, 0) is 132 Å². The zero-order chi connectivity index (χ0) is 42.1. The second kappa shape index (κ2) is 14.6. The van der Waals surface area contributed by atoms with Crippen molar-refractivity contribution in [3.05, 3.63) is 246 Å². The summed E-state index contributed by atoms with van der Waals surface area (Å²) in [6, 6.07) is 79.4. The minimum absolute atomic E-state index is 0.148. The fourth-order valence-corrected chi connectivity index (χ4v) is 10.8. The molecule has 0 N–H and O–H groups in total. The summed E-state index contributed by atoms with van der Waals surface area (Å²) in [7, 11) is 0. The lowest BCUT2D eigenvalue weighted by Crippen LogP contribution is -2.33. The molecule has 0 atom stereocenters. The molecule has 0 bridgehead atoms. The van der Waals surface area contributed by atoms with Crippen LogP contribution in [0.5, 0.6) is 0 Å². The van der Waals surface area contributed by atoms with Gasteiger partial charge in [0.05, 0.1) is 11.1 Å². The average Bonchev–Trinajstić information content (AvgIpc) is 3.61. The molecular formula is C61H51N. The highest BCUT2D eigenvalue weighted by atomic mass is 15.1. The van der Waals surface area contributed by atoms with Gasteiger partial charge in [0.2, 0.25) is 0 Å². The van der Waals surface area contributed by atoms with Crippen molar-refractivity contribution in [1.29, 1.82) is 0 Å². The van der Waals surface area contributed by atoms with E-state index < -0.39 is 5.41 Å². The van der Waals surface area contributed by atoms with Gasteiger partial charge < -0.3 is 4.90 Å². The number of nitrogens with zero attached hydrogens (tertiary/aromatic N) is 1. The second-order valence-corrected chi connectivity index (χ2v) is 18.8. The van der Waals surface area contributed by atoms with E-state index in [9.17, 15) is 0 Å². The quantitative estimate of drug-likeness (QED) is 0.155. The Labute approximate surface area is 367 Å². The molecule has 0 amide bonds. The Morgan fingerprint density at radius 2 is 0.903 bits per heavy atom. The number of benzene rings is 9. The van der Waals surface area contributed by atoms with Gasteiger partial charge in [-0.25, -0.2) is 0 Å². The zero-order valence-corrected chi connectivity index (χ0v) is 36.1. The Morgan fingerprint density at radius 3 is 1.60 bits per heavy atom. The van der Waals surface area contributed by atoms with Gasteiger partial charge in [-0.3, -0.25) is 0 Å². The summed E-state index contributed by atoms with van der Waals surface area (Å²) in [4.78, 5) is 2.48. The third-order valence-electron chi connectivity index (χ3n) is 14.2. The third kappa shape index (κ3) is 6.05. The molecule has 0 fully saturated rings. The predicted octanol–water partition coefficient (Wildman–Crippen LogP) is 16.4. The summed E-state index contributed by atoms with van der Waals surface area (Å²) in [5.74, 6) is 0. The maximum atomic E-state index is 2.52. The Hall–Kier alpha value is -6.96. The van der Waals surface area contributed by atoms with Crippen molar-refractivity contribution in [3.8, 4) is 33.4 Å². The van der Waals surface area contributed by atoms with E-state index in [2.05, 4.69) is 245 Å². The number of para-hydroxylation sites is 1. The van der Waals surface area contributed by atoms with E-state index in [0.717, 1.165) is 17.1 Å². The number of hydrogen-bond acceptors (Lipinski definition) is 1. The van der Waals surface area contributed by atoms with E-state index >= 15 is 0 Å². The van der Waals surface area contributed by atoms with Crippen LogP contribution < -0.4 is 4.90 Å². The summed E-state index contributed by atoms with van der Waals surface area (Å²) in [5, 5.41) is 2.44. The van der Waals surface area contributed by atoms with Crippen LogP contribution in [0, 0.1) is 0 Å². The van der Waals surface area contributed by atoms with Crippen LogP contribution in [0.4, 0.5) is 17.1 Å². The first-order valence-corrected chi connectivity index (χ1v) is 22.2. The van der Waals surface area contributed by atoms with Crippen molar-refractivity contribution < 1.29 is 0 Å². The Balaban J connectivity index is 1.18. The summed E-state index contributed by atoms with van der Waals surface area (Å²) < 4.78 is 0. The molecule has 0 saturated carbocycles. The molecule has 0 aliphatic heterocycles. The fourth-order valence-electron chi connectivity index (χ4n) is 10.8. The van der Waals surface area contributed by atoms with Crippen molar-refractivity contribution in [1.82, 2.24) is 0 Å². The van der Waals surface area contributed by atoms with Crippen LogP contribution in [0.3, 0.4) is 0 Å². The molecular weight excluding hydrogens is 747 g/mol. The lowest BCUT2D eigenvalue weighted by atomic mass is 9.63. The van der Waals surface area contributed by atoms with E-state index in [1.54, 1.807) is 0 Å². The van der Waals surface area contributed by atoms with E-state index in [-0.39, 0.29) is 10.8 Å². The maximum Gasteiger partial charge on any atom is 0.0714 e. The molecule has 2 aliphatic rings. The van der Waals surface area contributed by atoms with Crippen LogP contribution in [0.2, 0.25) is 0 Å². The molecule has 9 aromatic carbocycles. The lowest BCUT2D eigenvalue weighted by Gasteiger charge is -2.42. The highest BCUT2D eigenvalue weighted by Gasteiger charge is 2.47. The monoisotopic (exact) mass is 797 g/mol. The molecule has 0 unspecified atom stereocenters. The highest BCUT2D eigenvalue weighted by molar-refractivity contribution is 5.98. The van der Waals surface area contributed by atoms with Crippen LogP contribution in [-0.2, 0) is 16.2 Å². The summed E-state index contributed by atoms with van der Waals surface area (Å²) in [6.45, 7) is 9.64. The van der Waals surface area contributed by atoms with Crippen molar-refractivity contribution in [2.75, 3.05) is 4.90 Å². The van der Waals surface area contributed by atoms with Crippen molar-refractivity contribution in [2.45, 2.75) is 56.8 Å². The number of anilines is 3. The Kier molecular flexibility index (Phi) is 8.95. The van der Waals surface area contributed by atoms with E-state index in [1.165, 1.54) is 90.4 Å². The normalized spacial score (nSPS) is 15.4. The molecule has 1 heteroatoms. The summed E-state index contributed by atoms with van der Waals surface area (Å²) in [5.41, 5.74) is 18.7. The van der Waals surface area contributed by atoms with Gasteiger partial charge in [-0.1, -0.05) is 204 Å². The van der Waals surface area contributed by atoms with Crippen LogP contribution in [-0.4, -0.2) is 0 Å². The minimum Gasteiger partial charge on any atom is -0.310 e. The highest BCUT2D eigenvalue weighted by Crippen LogP contribution is 2.59. The third-order valence-corrected chi connectivity index (χ3v) is 14.2. The lowest BCUT2D eigenvalue weighted by molar-refractivity contribution is 0.332. The molecule has 0 spiro atoms. The number of fused-ring (bicyclic) bond motifs is 5. The summed E-state index contributed by atoms with van der Waals surface area (Å²) in [6.07, 6.45) is 2.41. The number of rotatable bonds is 7. The van der Waals surface area contributed by atoms with Gasteiger partial charge in [0.25, 0.3) is 0 Å². The van der Waals surface area contributed by atoms with Gasteiger partial charge in [0, 0.05) is 16.9 Å². The van der Waals surface area contributed by atoms with Crippen LogP contribution in [0.1, 0.15) is 73.9 Å². The van der Waals surface area contributed by atoms with Gasteiger partial charge >= 0.3 is 0 Å². The van der Waals surface area contributed by atoms with Crippen molar-refractivity contribution in [3.63, 3.8) is 0 Å². The smallest absolute Gasteiger partial charge is 0.0714 e.